The number of hydrogen-bond acceptors (Lipinski definition) is 2. The molecule has 1 atom stereocenters. The second-order valence-electron chi connectivity index (χ2n) is 7.95. The van der Waals surface area contributed by atoms with Crippen LogP contribution in [-0.4, -0.2) is 6.36 Å². The van der Waals surface area contributed by atoms with Crippen LogP contribution in [0.5, 0.6) is 17.2 Å². The number of allylic oxidation sites excluding steroid dienone is 2. The molecule has 0 heterocycles. The van der Waals surface area contributed by atoms with Gasteiger partial charge in [-0.25, -0.2) is 13.2 Å². The minimum absolute atomic E-state index is 0.127. The molecule has 0 radical (unpaired) electrons. The number of benzene rings is 3. The first-order valence-corrected chi connectivity index (χ1v) is 10.4. The summed E-state index contributed by atoms with van der Waals surface area (Å²) < 4.78 is 90.7. The van der Waals surface area contributed by atoms with Crippen LogP contribution in [0.25, 0.3) is 0 Å². The van der Waals surface area contributed by atoms with Crippen LogP contribution in [0.4, 0.5) is 26.3 Å². The van der Waals surface area contributed by atoms with E-state index in [-0.39, 0.29) is 11.3 Å². The molecule has 0 fully saturated rings. The molecule has 34 heavy (non-hydrogen) atoms. The third-order valence-electron chi connectivity index (χ3n) is 5.00. The predicted octanol–water partition coefficient (Wildman–Crippen LogP) is 8.65. The second-order valence-corrected chi connectivity index (χ2v) is 7.95. The first-order chi connectivity index (χ1) is 16.0. The van der Waals surface area contributed by atoms with Crippen LogP contribution in [-0.2, 0) is 6.42 Å². The summed E-state index contributed by atoms with van der Waals surface area (Å²) in [5.41, 5.74) is 0.584. The maximum Gasteiger partial charge on any atom is 0.573 e. The van der Waals surface area contributed by atoms with E-state index in [1.54, 1.807) is 44.2 Å². The summed E-state index contributed by atoms with van der Waals surface area (Å²) in [7, 11) is 0. The Hall–Kier alpha value is -3.42. The Morgan fingerprint density at radius 2 is 1.50 bits per heavy atom. The summed E-state index contributed by atoms with van der Waals surface area (Å²) in [6.45, 7) is 3.34. The van der Waals surface area contributed by atoms with Gasteiger partial charge in [0, 0.05) is 12.3 Å². The van der Waals surface area contributed by atoms with E-state index in [1.165, 1.54) is 24.3 Å². The van der Waals surface area contributed by atoms with E-state index in [4.69, 9.17) is 4.74 Å². The van der Waals surface area contributed by atoms with Gasteiger partial charge in [-0.3, -0.25) is 0 Å². The highest BCUT2D eigenvalue weighted by atomic mass is 19.4. The van der Waals surface area contributed by atoms with Crippen LogP contribution in [0.3, 0.4) is 0 Å². The Bertz CT molecular complexity index is 1120. The number of halogens is 6. The highest BCUT2D eigenvalue weighted by Gasteiger charge is 2.31. The van der Waals surface area contributed by atoms with Gasteiger partial charge in [-0.15, -0.1) is 13.2 Å². The van der Waals surface area contributed by atoms with Crippen molar-refractivity contribution >= 4 is 0 Å². The monoisotopic (exact) mass is 480 g/mol. The molecular weight excluding hydrogens is 458 g/mol. The van der Waals surface area contributed by atoms with Crippen molar-refractivity contribution in [2.45, 2.75) is 32.5 Å². The Morgan fingerprint density at radius 1 is 0.853 bits per heavy atom. The number of hydrogen-bond donors (Lipinski definition) is 0. The van der Waals surface area contributed by atoms with Crippen molar-refractivity contribution in [3.8, 4) is 17.2 Å². The Kier molecular flexibility index (Phi) is 7.91. The predicted molar refractivity (Wildman–Crippen MR) is 117 cm³/mol. The molecule has 8 heteroatoms. The van der Waals surface area contributed by atoms with Crippen LogP contribution in [0, 0.1) is 11.7 Å². The lowest BCUT2D eigenvalue weighted by molar-refractivity contribution is -0.274. The molecular formula is C26H22F6O2. The smallest absolute Gasteiger partial charge is 0.454 e. The van der Waals surface area contributed by atoms with Crippen molar-refractivity contribution in [1.29, 1.82) is 0 Å². The minimum Gasteiger partial charge on any atom is -0.454 e. The maximum atomic E-state index is 15.2. The van der Waals surface area contributed by atoms with Gasteiger partial charge in [0.15, 0.2) is 11.6 Å². The average Bonchev–Trinajstić information content (AvgIpc) is 2.77. The van der Waals surface area contributed by atoms with Gasteiger partial charge < -0.3 is 9.47 Å². The van der Waals surface area contributed by atoms with Gasteiger partial charge in [0.05, 0.1) is 0 Å². The highest BCUT2D eigenvalue weighted by molar-refractivity contribution is 5.38. The molecule has 3 aromatic carbocycles. The minimum atomic E-state index is -4.85. The van der Waals surface area contributed by atoms with Gasteiger partial charge in [-0.1, -0.05) is 50.2 Å². The van der Waals surface area contributed by atoms with Crippen molar-refractivity contribution in [3.05, 3.63) is 101 Å². The van der Waals surface area contributed by atoms with E-state index in [2.05, 4.69) is 4.74 Å². The summed E-state index contributed by atoms with van der Waals surface area (Å²) in [6, 6.07) is 16.8. The normalized spacial score (nSPS) is 13.4. The third-order valence-corrected chi connectivity index (χ3v) is 5.00. The largest absolute Gasteiger partial charge is 0.573 e. The summed E-state index contributed by atoms with van der Waals surface area (Å²) in [4.78, 5) is 0. The molecule has 3 aromatic rings. The Morgan fingerprint density at radius 3 is 2.09 bits per heavy atom. The zero-order chi connectivity index (χ0) is 24.9. The SMILES string of the molecule is CC(C)C(C(F)=C(F)Cc1ccc(F)c(Oc2ccccc2)c1)c1ccc(OC(F)(F)F)cc1. The lowest BCUT2D eigenvalue weighted by Crippen LogP contribution is -2.17. The lowest BCUT2D eigenvalue weighted by atomic mass is 9.86. The van der Waals surface area contributed by atoms with Gasteiger partial charge in [0.25, 0.3) is 0 Å². The van der Waals surface area contributed by atoms with Crippen molar-refractivity contribution in [3.63, 3.8) is 0 Å². The molecule has 0 saturated heterocycles. The second kappa shape index (κ2) is 10.7. The van der Waals surface area contributed by atoms with Gasteiger partial charge in [0.1, 0.15) is 23.2 Å². The molecule has 0 N–H and O–H groups in total. The summed E-state index contributed by atoms with van der Waals surface area (Å²) in [5, 5.41) is 0. The molecule has 2 nitrogen and oxygen atoms in total. The van der Waals surface area contributed by atoms with E-state index < -0.39 is 47.8 Å². The molecule has 0 saturated carbocycles. The number of para-hydroxylation sites is 1. The Balaban J connectivity index is 1.82. The lowest BCUT2D eigenvalue weighted by Gasteiger charge is -2.21. The summed E-state index contributed by atoms with van der Waals surface area (Å²) in [5.74, 6) is -4.39. The molecule has 0 amide bonds. The third kappa shape index (κ3) is 6.79. The van der Waals surface area contributed by atoms with Crippen LogP contribution in [0.15, 0.2) is 84.5 Å². The van der Waals surface area contributed by atoms with E-state index in [9.17, 15) is 22.0 Å². The van der Waals surface area contributed by atoms with Gasteiger partial charge in [0.2, 0.25) is 0 Å². The average molecular weight is 480 g/mol. The highest BCUT2D eigenvalue weighted by Crippen LogP contribution is 2.37. The zero-order valence-corrected chi connectivity index (χ0v) is 18.4. The molecule has 3 rings (SSSR count). The quantitative estimate of drug-likeness (QED) is 0.301. The van der Waals surface area contributed by atoms with Crippen molar-refractivity contribution in [2.24, 2.45) is 5.92 Å². The molecule has 0 aliphatic heterocycles. The van der Waals surface area contributed by atoms with Crippen LogP contribution >= 0.6 is 0 Å². The standard InChI is InChI=1S/C26H22F6O2/c1-16(2)24(18-9-11-20(12-10-18)34-26(30,31)32)25(29)22(28)14-17-8-13-21(27)23(15-17)33-19-6-4-3-5-7-19/h3-13,15-16,24H,14H2,1-2H3. The van der Waals surface area contributed by atoms with Gasteiger partial charge >= 0.3 is 6.36 Å². The molecule has 0 aliphatic rings. The molecule has 1 unspecified atom stereocenters. The fourth-order valence-electron chi connectivity index (χ4n) is 3.48. The summed E-state index contributed by atoms with van der Waals surface area (Å²) >= 11 is 0. The fraction of sp³-hybridized carbons (Fsp3) is 0.231. The topological polar surface area (TPSA) is 18.5 Å². The molecule has 0 aliphatic carbocycles. The van der Waals surface area contributed by atoms with E-state index >= 15 is 4.39 Å². The van der Waals surface area contributed by atoms with Crippen molar-refractivity contribution < 1.29 is 35.8 Å². The van der Waals surface area contributed by atoms with Crippen molar-refractivity contribution in [2.75, 3.05) is 0 Å². The first kappa shape index (κ1) is 25.2. The van der Waals surface area contributed by atoms with E-state index in [0.717, 1.165) is 18.2 Å². The zero-order valence-electron chi connectivity index (χ0n) is 18.4. The number of ether oxygens (including phenoxy) is 2. The van der Waals surface area contributed by atoms with Gasteiger partial charge in [-0.2, -0.15) is 0 Å². The van der Waals surface area contributed by atoms with Crippen LogP contribution in [0.1, 0.15) is 30.9 Å². The molecule has 0 aromatic heterocycles. The first-order valence-electron chi connectivity index (χ1n) is 10.4. The van der Waals surface area contributed by atoms with E-state index in [1.807, 2.05) is 0 Å². The van der Waals surface area contributed by atoms with Crippen LogP contribution in [0.2, 0.25) is 0 Å². The molecule has 0 bridgehead atoms. The number of rotatable bonds is 8. The van der Waals surface area contributed by atoms with Gasteiger partial charge in [-0.05, 0) is 53.4 Å². The molecule has 0 spiro atoms. The Labute approximate surface area is 193 Å². The van der Waals surface area contributed by atoms with Crippen molar-refractivity contribution in [1.82, 2.24) is 0 Å². The fourth-order valence-corrected chi connectivity index (χ4v) is 3.48. The maximum absolute atomic E-state index is 15.2. The number of alkyl halides is 3. The van der Waals surface area contributed by atoms with E-state index in [0.29, 0.717) is 11.3 Å². The van der Waals surface area contributed by atoms with Crippen LogP contribution < -0.4 is 9.47 Å². The molecule has 180 valence electrons. The summed E-state index contributed by atoms with van der Waals surface area (Å²) in [6.07, 6.45) is -5.30.